The Kier molecular flexibility index (Phi) is 8.08. The predicted molar refractivity (Wildman–Crippen MR) is 235 cm³/mol. The van der Waals surface area contributed by atoms with Crippen LogP contribution >= 0.6 is 22.7 Å². The summed E-state index contributed by atoms with van der Waals surface area (Å²) < 4.78 is 27.0. The minimum Gasteiger partial charge on any atom is -0.477 e. The molecule has 10 aliphatic rings. The van der Waals surface area contributed by atoms with Crippen LogP contribution in [0.3, 0.4) is 0 Å². The van der Waals surface area contributed by atoms with Crippen molar-refractivity contribution in [2.75, 3.05) is 26.2 Å². The minimum absolute atomic E-state index is 0.000424. The van der Waals surface area contributed by atoms with Crippen LogP contribution in [0.4, 0.5) is 0 Å². The van der Waals surface area contributed by atoms with Gasteiger partial charge in [0.1, 0.15) is 0 Å². The third-order valence-corrected chi connectivity index (χ3v) is 20.0. The van der Waals surface area contributed by atoms with Crippen molar-refractivity contribution in [1.82, 2.24) is 9.80 Å². The molecule has 14 heteroatoms. The molecule has 6 aliphatic carbocycles. The molecule has 4 bridgehead atoms. The summed E-state index contributed by atoms with van der Waals surface area (Å²) in [4.78, 5) is 59.6. The van der Waals surface area contributed by atoms with Gasteiger partial charge in [-0.1, -0.05) is 12.1 Å². The van der Waals surface area contributed by atoms with Crippen LogP contribution in [-0.4, -0.2) is 105 Å². The molecule has 0 unspecified atom stereocenters. The molecule has 4 saturated carbocycles. The van der Waals surface area contributed by atoms with E-state index in [1.807, 2.05) is 22.9 Å². The lowest BCUT2D eigenvalue weighted by atomic mass is 9.49. The number of ketones is 2. The van der Waals surface area contributed by atoms with E-state index in [1.54, 1.807) is 12.1 Å². The molecule has 6 fully saturated rings. The van der Waals surface area contributed by atoms with Crippen LogP contribution in [0, 0.1) is 11.8 Å². The van der Waals surface area contributed by atoms with Gasteiger partial charge in [-0.25, -0.2) is 0 Å². The van der Waals surface area contributed by atoms with E-state index in [4.69, 9.17) is 18.9 Å². The molecule has 6 heterocycles. The number of piperidine rings is 2. The molecular formula is C50H50N2O10S2. The molecule has 4 aliphatic heterocycles. The van der Waals surface area contributed by atoms with Gasteiger partial charge in [0.15, 0.2) is 46.8 Å². The number of aliphatic hydroxyl groups is 2. The van der Waals surface area contributed by atoms with Crippen molar-refractivity contribution in [3.05, 3.63) is 68.4 Å². The monoisotopic (exact) mass is 902 g/mol. The van der Waals surface area contributed by atoms with Gasteiger partial charge in [-0.3, -0.25) is 29.0 Å². The summed E-state index contributed by atoms with van der Waals surface area (Å²) in [5.74, 6) is 1.84. The highest BCUT2D eigenvalue weighted by Crippen LogP contribution is 2.67. The number of carbonyl (C=O) groups excluding carboxylic acids is 4. The van der Waals surface area contributed by atoms with Crippen molar-refractivity contribution >= 4 is 55.6 Å². The Hall–Kier alpha value is -4.18. The molecule has 8 atom stereocenters. The van der Waals surface area contributed by atoms with Gasteiger partial charge >= 0.3 is 11.9 Å². The summed E-state index contributed by atoms with van der Waals surface area (Å²) in [7, 11) is 0. The zero-order valence-corrected chi connectivity index (χ0v) is 37.2. The third-order valence-electron chi connectivity index (χ3n) is 17.6. The first-order valence-electron chi connectivity index (χ1n) is 23.5. The maximum absolute atomic E-state index is 13.8. The number of fused-ring (bicyclic) bond motifs is 1. The van der Waals surface area contributed by atoms with E-state index in [-0.39, 0.29) is 60.8 Å². The van der Waals surface area contributed by atoms with Crippen LogP contribution in [0.2, 0.25) is 0 Å². The number of rotatable bonds is 10. The van der Waals surface area contributed by atoms with E-state index in [0.717, 1.165) is 69.0 Å². The fraction of sp³-hybridized carbons (Fsp3) is 0.560. The van der Waals surface area contributed by atoms with Gasteiger partial charge in [-0.05, 0) is 134 Å². The van der Waals surface area contributed by atoms with Crippen LogP contribution < -0.4 is 18.9 Å². The van der Waals surface area contributed by atoms with E-state index in [1.165, 1.54) is 48.4 Å². The van der Waals surface area contributed by atoms with Crippen LogP contribution in [-0.2, 0) is 55.7 Å². The minimum atomic E-state index is -1.10. The van der Waals surface area contributed by atoms with Crippen LogP contribution in [0.25, 0.3) is 9.40 Å². The van der Waals surface area contributed by atoms with Crippen LogP contribution in [0.5, 0.6) is 23.0 Å². The predicted octanol–water partition coefficient (Wildman–Crippen LogP) is 5.53. The highest BCUT2D eigenvalue weighted by molar-refractivity contribution is 7.26. The molecule has 12 nitrogen and oxygen atoms in total. The van der Waals surface area contributed by atoms with Gasteiger partial charge in [0, 0.05) is 58.5 Å². The van der Waals surface area contributed by atoms with Gasteiger partial charge < -0.3 is 29.2 Å². The molecule has 2 spiro atoms. The van der Waals surface area contributed by atoms with E-state index >= 15 is 0 Å². The van der Waals surface area contributed by atoms with Crippen LogP contribution in [0.15, 0.2) is 35.0 Å². The maximum Gasteiger partial charge on any atom is 0.315 e. The lowest BCUT2D eigenvalue weighted by molar-refractivity contribution is -0.188. The molecule has 0 radical (unpaired) electrons. The standard InChI is InChI=1S/C50H50N2O10S2/c53-31-9-11-49(57)35-17-27-5-7-33(41-39(27)47(49,45(31)61-41)13-15-51(35)21-25-1-2-25)59-37(55)19-29-23-63-44-30(24-64-43(29)44)20-38(56)60-34-8-6-28-18-36-50(58)12-10-32(54)46-48(50,40(28)42(34)62-46)14-16-52(36)22-26-3-4-26/h5-8,23-26,35-36,45-46,57-58H,1-4,9-22H2/t35-,36-,45+,46+,47+,48+,49-,50-/m1/s1. The number of ether oxygens (including phenoxy) is 4. The van der Waals surface area contributed by atoms with E-state index in [0.29, 0.717) is 61.9 Å². The lowest BCUT2D eigenvalue weighted by Gasteiger charge is -2.62. The average molecular weight is 903 g/mol. The first kappa shape index (κ1) is 39.0. The Morgan fingerprint density at radius 1 is 0.656 bits per heavy atom. The summed E-state index contributed by atoms with van der Waals surface area (Å²) in [5.41, 5.74) is 1.53. The third kappa shape index (κ3) is 5.07. The Balaban J connectivity index is 0.697. The van der Waals surface area contributed by atoms with Gasteiger partial charge in [0.05, 0.1) is 34.9 Å². The molecule has 2 saturated heterocycles. The largest absolute Gasteiger partial charge is 0.477 e. The first-order valence-corrected chi connectivity index (χ1v) is 25.3. The van der Waals surface area contributed by atoms with Crippen molar-refractivity contribution in [3.63, 3.8) is 0 Å². The number of benzene rings is 2. The normalized spacial score (nSPS) is 35.2. The Labute approximate surface area is 377 Å². The molecule has 2 aromatic carbocycles. The van der Waals surface area contributed by atoms with Crippen molar-refractivity contribution in [3.8, 4) is 23.0 Å². The number of nitrogens with zero attached hydrogens (tertiary/aromatic N) is 2. The zero-order valence-electron chi connectivity index (χ0n) is 35.5. The number of hydrogen-bond donors (Lipinski definition) is 2. The van der Waals surface area contributed by atoms with Crippen molar-refractivity contribution in [2.45, 2.75) is 136 Å². The smallest absolute Gasteiger partial charge is 0.315 e. The fourth-order valence-corrected chi connectivity index (χ4v) is 16.9. The molecule has 332 valence electrons. The number of esters is 2. The summed E-state index contributed by atoms with van der Waals surface area (Å²) in [6.45, 7) is 3.56. The second-order valence-electron chi connectivity index (χ2n) is 20.9. The fourth-order valence-electron chi connectivity index (χ4n) is 14.5. The van der Waals surface area contributed by atoms with Gasteiger partial charge in [-0.2, -0.15) is 0 Å². The van der Waals surface area contributed by atoms with Crippen molar-refractivity contribution in [2.24, 2.45) is 11.8 Å². The summed E-state index contributed by atoms with van der Waals surface area (Å²) in [6.07, 6.45) is 7.27. The Bertz CT molecular complexity index is 2590. The molecule has 2 N–H and O–H groups in total. The maximum atomic E-state index is 13.8. The second kappa shape index (κ2) is 13.3. The average Bonchev–Trinajstić information content (AvgIpc) is 4.11. The number of hydrogen-bond acceptors (Lipinski definition) is 14. The number of thiophene rings is 2. The molecule has 4 aromatic rings. The highest BCUT2D eigenvalue weighted by atomic mass is 32.1. The van der Waals surface area contributed by atoms with E-state index in [2.05, 4.69) is 9.80 Å². The van der Waals surface area contributed by atoms with Gasteiger partial charge in [-0.15, -0.1) is 22.7 Å². The first-order chi connectivity index (χ1) is 31.0. The molecule has 0 amide bonds. The Morgan fingerprint density at radius 2 is 1.09 bits per heavy atom. The number of likely N-dealkylation sites (tertiary alicyclic amines) is 2. The van der Waals surface area contributed by atoms with Crippen molar-refractivity contribution < 1.29 is 48.3 Å². The summed E-state index contributed by atoms with van der Waals surface area (Å²) >= 11 is 2.94. The quantitative estimate of drug-likeness (QED) is 0.152. The SMILES string of the molecule is O=C(Cc1csc2c(CC(=O)Oc3ccc4c5c3O[C@H]3C(=O)CC[C@@]6(O)[C@@H](C4)N(CC4CC4)CC[C@]536)csc12)Oc1ccc2c3c1O[C@H]1C(=O)CC[C@@]4(O)[C@@H](C2)N(CC2CC2)CC[C@]314. The molecule has 64 heavy (non-hydrogen) atoms. The molecular weight excluding hydrogens is 853 g/mol. The zero-order chi connectivity index (χ0) is 43.1. The van der Waals surface area contributed by atoms with Gasteiger partial charge in [0.2, 0.25) is 0 Å². The topological polar surface area (TPSA) is 152 Å². The molecule has 14 rings (SSSR count). The number of carbonyl (C=O) groups is 4. The van der Waals surface area contributed by atoms with Crippen molar-refractivity contribution in [1.29, 1.82) is 0 Å². The lowest BCUT2D eigenvalue weighted by Crippen LogP contribution is -2.76. The van der Waals surface area contributed by atoms with Gasteiger partial charge in [0.25, 0.3) is 0 Å². The van der Waals surface area contributed by atoms with E-state index < -0.39 is 46.2 Å². The summed E-state index contributed by atoms with van der Waals surface area (Å²) in [5, 5.41) is 29.2. The van der Waals surface area contributed by atoms with Crippen LogP contribution in [0.1, 0.15) is 97.6 Å². The molecule has 2 aromatic heterocycles. The van der Waals surface area contributed by atoms with E-state index in [9.17, 15) is 29.4 Å². The Morgan fingerprint density at radius 3 is 1.52 bits per heavy atom. The number of Topliss-reactive ketones (excluding diaryl/α,β-unsaturated/α-hetero) is 2. The summed E-state index contributed by atoms with van der Waals surface area (Å²) in [6, 6.07) is 7.41. The highest BCUT2D eigenvalue weighted by Gasteiger charge is 2.75. The second-order valence-corrected chi connectivity index (χ2v) is 22.6.